The molecule has 128 valence electrons. The van der Waals surface area contributed by atoms with Crippen LogP contribution in [0.1, 0.15) is 21.6 Å². The Morgan fingerprint density at radius 2 is 2.08 bits per heavy atom. The number of fused-ring (bicyclic) bond motifs is 1. The van der Waals surface area contributed by atoms with Crippen molar-refractivity contribution in [2.45, 2.75) is 13.5 Å². The lowest BCUT2D eigenvalue weighted by atomic mass is 10.1. The number of carbonyl (C=O) groups excluding carboxylic acids is 1. The summed E-state index contributed by atoms with van der Waals surface area (Å²) in [7, 11) is 3.09. The minimum Gasteiger partial charge on any atom is -0.491 e. The maximum absolute atomic E-state index is 12.6. The number of amides is 1. The van der Waals surface area contributed by atoms with Crippen LogP contribution in [0.3, 0.4) is 0 Å². The first-order valence-electron chi connectivity index (χ1n) is 7.72. The molecule has 0 radical (unpaired) electrons. The van der Waals surface area contributed by atoms with E-state index in [1.807, 2.05) is 19.1 Å². The molecule has 0 saturated heterocycles. The minimum absolute atomic E-state index is 0.0955. The molecule has 6 heteroatoms. The van der Waals surface area contributed by atoms with Gasteiger partial charge in [0, 0.05) is 17.5 Å². The lowest BCUT2D eigenvalue weighted by molar-refractivity contribution is 0.0831. The number of rotatable bonds is 5. The van der Waals surface area contributed by atoms with Gasteiger partial charge in [-0.15, -0.1) is 0 Å². The summed E-state index contributed by atoms with van der Waals surface area (Å²) >= 11 is 0. The third-order valence-electron chi connectivity index (χ3n) is 4.17. The Bertz CT molecular complexity index is 890. The van der Waals surface area contributed by atoms with E-state index >= 15 is 0 Å². The lowest BCUT2D eigenvalue weighted by Crippen LogP contribution is -2.21. The van der Waals surface area contributed by atoms with Crippen LogP contribution in [-0.4, -0.2) is 35.0 Å². The molecular weight excluding hydrogens is 318 g/mol. The van der Waals surface area contributed by atoms with Gasteiger partial charge in [-0.2, -0.15) is 0 Å². The normalized spacial score (nSPS) is 12.8. The molecule has 25 heavy (non-hydrogen) atoms. The van der Waals surface area contributed by atoms with Crippen LogP contribution in [0.15, 0.2) is 43.3 Å². The molecule has 0 N–H and O–H groups in total. The second-order valence-electron chi connectivity index (χ2n) is 5.67. The molecule has 2 aromatic heterocycles. The third-order valence-corrected chi connectivity index (χ3v) is 4.17. The molecule has 0 unspecified atom stereocenters. The third kappa shape index (κ3) is 2.76. The van der Waals surface area contributed by atoms with Crippen molar-refractivity contribution in [3.8, 4) is 22.9 Å². The Labute approximate surface area is 146 Å². The van der Waals surface area contributed by atoms with Crippen molar-refractivity contribution in [1.29, 1.82) is 0 Å². The van der Waals surface area contributed by atoms with Crippen LogP contribution in [0, 0.1) is 6.92 Å². The number of methoxy groups -OCH3 is 2. The highest BCUT2D eigenvalue weighted by Gasteiger charge is 2.31. The van der Waals surface area contributed by atoms with E-state index < -0.39 is 0 Å². The number of hydrogen-bond acceptors (Lipinski definition) is 5. The van der Waals surface area contributed by atoms with E-state index in [1.54, 1.807) is 24.3 Å². The van der Waals surface area contributed by atoms with Gasteiger partial charge in [0.05, 0.1) is 37.7 Å². The number of allylic oxidation sites excluding steroid dienone is 1. The Balaban J connectivity index is 2.06. The lowest BCUT2D eigenvalue weighted by Gasteiger charge is -2.14. The summed E-state index contributed by atoms with van der Waals surface area (Å²) in [6.45, 7) is 9.82. The zero-order valence-corrected chi connectivity index (χ0v) is 14.5. The van der Waals surface area contributed by atoms with E-state index in [-0.39, 0.29) is 5.91 Å². The van der Waals surface area contributed by atoms with Crippen LogP contribution in [0.5, 0.6) is 11.6 Å². The molecule has 1 amide bonds. The van der Waals surface area contributed by atoms with Crippen LogP contribution < -0.4 is 9.47 Å². The molecule has 0 aromatic carbocycles. The van der Waals surface area contributed by atoms with Gasteiger partial charge in [-0.3, -0.25) is 9.78 Å². The molecule has 0 bridgehead atoms. The predicted molar refractivity (Wildman–Crippen MR) is 94.5 cm³/mol. The van der Waals surface area contributed by atoms with E-state index in [2.05, 4.69) is 23.1 Å². The molecule has 1 aliphatic heterocycles. The molecule has 0 saturated carbocycles. The zero-order chi connectivity index (χ0) is 18.1. The Morgan fingerprint density at radius 3 is 2.72 bits per heavy atom. The molecule has 3 rings (SSSR count). The average molecular weight is 337 g/mol. The van der Waals surface area contributed by atoms with E-state index in [4.69, 9.17) is 9.47 Å². The van der Waals surface area contributed by atoms with Crippen molar-refractivity contribution in [2.24, 2.45) is 0 Å². The average Bonchev–Trinajstić information content (AvgIpc) is 2.97. The summed E-state index contributed by atoms with van der Waals surface area (Å²) in [5.74, 6) is 0.840. The van der Waals surface area contributed by atoms with Gasteiger partial charge in [0.25, 0.3) is 11.8 Å². The molecular formula is C19H19N3O3. The van der Waals surface area contributed by atoms with Crippen LogP contribution in [-0.2, 0) is 6.54 Å². The molecule has 1 aliphatic rings. The number of ether oxygens (including phenoxy) is 2. The van der Waals surface area contributed by atoms with E-state index in [0.29, 0.717) is 29.4 Å². The van der Waals surface area contributed by atoms with Crippen LogP contribution >= 0.6 is 0 Å². The highest BCUT2D eigenvalue weighted by atomic mass is 16.5. The minimum atomic E-state index is -0.0955. The molecule has 2 aromatic rings. The fourth-order valence-corrected chi connectivity index (χ4v) is 2.86. The molecule has 0 spiro atoms. The summed E-state index contributed by atoms with van der Waals surface area (Å²) in [5.41, 5.74) is 4.29. The summed E-state index contributed by atoms with van der Waals surface area (Å²) in [6, 6.07) is 3.69. The van der Waals surface area contributed by atoms with E-state index in [9.17, 15) is 4.79 Å². The van der Waals surface area contributed by atoms with Gasteiger partial charge in [0.15, 0.2) is 5.75 Å². The van der Waals surface area contributed by atoms with Gasteiger partial charge in [-0.1, -0.05) is 13.2 Å². The van der Waals surface area contributed by atoms with Crippen molar-refractivity contribution in [2.75, 3.05) is 14.2 Å². The van der Waals surface area contributed by atoms with Gasteiger partial charge in [-0.05, 0) is 30.7 Å². The fraction of sp³-hybridized carbons (Fsp3) is 0.211. The van der Waals surface area contributed by atoms with Gasteiger partial charge < -0.3 is 14.4 Å². The van der Waals surface area contributed by atoms with Crippen molar-refractivity contribution in [3.05, 3.63) is 60.1 Å². The Hall–Kier alpha value is -3.15. The van der Waals surface area contributed by atoms with Crippen molar-refractivity contribution >= 4 is 5.91 Å². The molecule has 0 fully saturated rings. The second kappa shape index (κ2) is 6.39. The number of hydrogen-bond donors (Lipinski definition) is 0. The first-order chi connectivity index (χ1) is 12.0. The molecule has 3 heterocycles. The van der Waals surface area contributed by atoms with Gasteiger partial charge in [0.2, 0.25) is 0 Å². The summed E-state index contributed by atoms with van der Waals surface area (Å²) in [5, 5.41) is 0. The highest BCUT2D eigenvalue weighted by Crippen LogP contribution is 2.33. The zero-order valence-electron chi connectivity index (χ0n) is 14.5. The van der Waals surface area contributed by atoms with Gasteiger partial charge in [0.1, 0.15) is 0 Å². The predicted octanol–water partition coefficient (Wildman–Crippen LogP) is 3.12. The maximum atomic E-state index is 12.6. The van der Waals surface area contributed by atoms with Gasteiger partial charge >= 0.3 is 0 Å². The Morgan fingerprint density at radius 1 is 1.32 bits per heavy atom. The fourth-order valence-electron chi connectivity index (χ4n) is 2.86. The second-order valence-corrected chi connectivity index (χ2v) is 5.67. The van der Waals surface area contributed by atoms with Crippen LogP contribution in [0.25, 0.3) is 11.3 Å². The number of aryl methyl sites for hydroxylation is 1. The SMILES string of the molecule is C=CC(=C)N1Cc2nc(-c3cnc(OC)c(OC)c3)cc(C)c2C1=O. The summed E-state index contributed by atoms with van der Waals surface area (Å²) < 4.78 is 10.5. The number of carbonyl (C=O) groups is 1. The number of nitrogens with zero attached hydrogens (tertiary/aromatic N) is 3. The molecule has 0 aliphatic carbocycles. The van der Waals surface area contributed by atoms with Crippen molar-refractivity contribution < 1.29 is 14.3 Å². The summed E-state index contributed by atoms with van der Waals surface area (Å²) in [4.78, 5) is 23.1. The Kier molecular flexibility index (Phi) is 4.27. The van der Waals surface area contributed by atoms with Crippen molar-refractivity contribution in [3.63, 3.8) is 0 Å². The topological polar surface area (TPSA) is 64.6 Å². The molecule has 0 atom stereocenters. The van der Waals surface area contributed by atoms with E-state index in [1.165, 1.54) is 7.11 Å². The quantitative estimate of drug-likeness (QED) is 0.784. The number of pyridine rings is 2. The number of aromatic nitrogens is 2. The highest BCUT2D eigenvalue weighted by molar-refractivity contribution is 6.00. The summed E-state index contributed by atoms with van der Waals surface area (Å²) in [6.07, 6.45) is 3.24. The van der Waals surface area contributed by atoms with E-state index in [0.717, 1.165) is 22.5 Å². The monoisotopic (exact) mass is 337 g/mol. The first kappa shape index (κ1) is 16.7. The first-order valence-corrected chi connectivity index (χ1v) is 7.72. The van der Waals surface area contributed by atoms with Crippen LogP contribution in [0.2, 0.25) is 0 Å². The van der Waals surface area contributed by atoms with Crippen LogP contribution in [0.4, 0.5) is 0 Å². The smallest absolute Gasteiger partial charge is 0.260 e. The van der Waals surface area contributed by atoms with Crippen molar-refractivity contribution in [1.82, 2.24) is 14.9 Å². The van der Waals surface area contributed by atoms with Gasteiger partial charge in [-0.25, -0.2) is 4.98 Å². The largest absolute Gasteiger partial charge is 0.491 e. The maximum Gasteiger partial charge on any atom is 0.260 e. The molecule has 6 nitrogen and oxygen atoms in total. The standard InChI is InChI=1S/C19H19N3O3/c1-6-12(3)22-10-15-17(19(22)23)11(2)7-14(21-15)13-8-16(24-4)18(25-5)20-9-13/h6-9H,1,3,10H2,2,4-5H3.